The summed E-state index contributed by atoms with van der Waals surface area (Å²) >= 11 is 0. The Balaban J connectivity index is 2.09. The minimum Gasteiger partial charge on any atom is -0.454 e. The van der Waals surface area contributed by atoms with Crippen molar-refractivity contribution in [2.24, 2.45) is 0 Å². The highest BCUT2D eigenvalue weighted by Gasteiger charge is 2.26. The van der Waals surface area contributed by atoms with E-state index in [4.69, 9.17) is 14.2 Å². The van der Waals surface area contributed by atoms with Crippen LogP contribution in [0, 0.1) is 0 Å². The molecule has 1 aliphatic carbocycles. The molecule has 0 amide bonds. The Kier molecular flexibility index (Phi) is 1.67. The lowest BCUT2D eigenvalue weighted by molar-refractivity contribution is 0.105. The van der Waals surface area contributed by atoms with Gasteiger partial charge in [0, 0.05) is 7.11 Å². The van der Waals surface area contributed by atoms with Gasteiger partial charge in [0.1, 0.15) is 0 Å². The maximum absolute atomic E-state index is 5.40. The van der Waals surface area contributed by atoms with Crippen molar-refractivity contribution in [1.82, 2.24) is 0 Å². The number of benzene rings is 1. The first-order chi connectivity index (χ1) is 6.88. The molecular formula is C11H12O3. The van der Waals surface area contributed by atoms with E-state index < -0.39 is 0 Å². The fourth-order valence-electron chi connectivity index (χ4n) is 2.20. The van der Waals surface area contributed by atoms with Crippen molar-refractivity contribution >= 4 is 0 Å². The topological polar surface area (TPSA) is 27.7 Å². The maximum atomic E-state index is 5.40. The number of ether oxygens (including phenoxy) is 3. The van der Waals surface area contributed by atoms with Crippen molar-refractivity contribution in [3.8, 4) is 11.5 Å². The molecule has 0 radical (unpaired) electrons. The van der Waals surface area contributed by atoms with Crippen molar-refractivity contribution in [1.29, 1.82) is 0 Å². The number of rotatable bonds is 1. The summed E-state index contributed by atoms with van der Waals surface area (Å²) in [6.45, 7) is 0.343. The van der Waals surface area contributed by atoms with Crippen LogP contribution < -0.4 is 9.47 Å². The standard InChI is InChI=1S/C11H12O3/c1-12-9-3-2-7-4-10-11(5-8(7)9)14-6-13-10/h4-5,9H,2-3,6H2,1H3. The van der Waals surface area contributed by atoms with E-state index in [1.54, 1.807) is 7.11 Å². The zero-order valence-electron chi connectivity index (χ0n) is 8.08. The molecule has 0 aromatic heterocycles. The largest absolute Gasteiger partial charge is 0.454 e. The molecule has 0 fully saturated rings. The molecule has 1 heterocycles. The fourth-order valence-corrected chi connectivity index (χ4v) is 2.20. The van der Waals surface area contributed by atoms with Crippen LogP contribution in [0.3, 0.4) is 0 Å². The lowest BCUT2D eigenvalue weighted by Crippen LogP contribution is -1.95. The van der Waals surface area contributed by atoms with Gasteiger partial charge in [0.15, 0.2) is 11.5 Å². The van der Waals surface area contributed by atoms with Crippen LogP contribution >= 0.6 is 0 Å². The van der Waals surface area contributed by atoms with E-state index in [0.717, 1.165) is 24.3 Å². The molecule has 0 saturated heterocycles. The van der Waals surface area contributed by atoms with Crippen LogP contribution in [0.15, 0.2) is 12.1 Å². The van der Waals surface area contributed by atoms with E-state index >= 15 is 0 Å². The van der Waals surface area contributed by atoms with Gasteiger partial charge in [0.2, 0.25) is 6.79 Å². The Hall–Kier alpha value is -1.22. The van der Waals surface area contributed by atoms with Crippen molar-refractivity contribution < 1.29 is 14.2 Å². The van der Waals surface area contributed by atoms with Crippen LogP contribution in [0.2, 0.25) is 0 Å². The SMILES string of the molecule is COC1CCc2cc3c(cc21)OCO3. The van der Waals surface area contributed by atoms with Crippen LogP contribution in [-0.2, 0) is 11.2 Å². The molecule has 1 aromatic rings. The molecule has 2 aliphatic rings. The molecular weight excluding hydrogens is 180 g/mol. The zero-order valence-corrected chi connectivity index (χ0v) is 8.08. The van der Waals surface area contributed by atoms with Gasteiger partial charge in [-0.1, -0.05) is 0 Å². The maximum Gasteiger partial charge on any atom is 0.231 e. The third-order valence-corrected chi connectivity index (χ3v) is 2.94. The van der Waals surface area contributed by atoms with Crippen LogP contribution in [0.25, 0.3) is 0 Å². The highest BCUT2D eigenvalue weighted by Crippen LogP contribution is 2.42. The minimum atomic E-state index is 0.236. The number of hydrogen-bond acceptors (Lipinski definition) is 3. The van der Waals surface area contributed by atoms with Gasteiger partial charge in [-0.15, -0.1) is 0 Å². The van der Waals surface area contributed by atoms with E-state index in [9.17, 15) is 0 Å². The quantitative estimate of drug-likeness (QED) is 0.681. The summed E-state index contributed by atoms with van der Waals surface area (Å²) in [5.41, 5.74) is 2.60. The number of fused-ring (bicyclic) bond motifs is 2. The van der Waals surface area contributed by atoms with Gasteiger partial charge in [-0.25, -0.2) is 0 Å². The van der Waals surface area contributed by atoms with Gasteiger partial charge in [-0.05, 0) is 36.1 Å². The summed E-state index contributed by atoms with van der Waals surface area (Å²) in [6.07, 6.45) is 2.37. The van der Waals surface area contributed by atoms with Crippen LogP contribution in [0.4, 0.5) is 0 Å². The third kappa shape index (κ3) is 1.02. The van der Waals surface area contributed by atoms with Crippen LogP contribution in [0.1, 0.15) is 23.7 Å². The molecule has 0 saturated carbocycles. The van der Waals surface area contributed by atoms with Crippen LogP contribution in [0.5, 0.6) is 11.5 Å². The van der Waals surface area contributed by atoms with Gasteiger partial charge >= 0.3 is 0 Å². The first kappa shape index (κ1) is 8.12. The lowest BCUT2D eigenvalue weighted by Gasteiger charge is -2.09. The Labute approximate surface area is 82.6 Å². The van der Waals surface area contributed by atoms with Crippen LogP contribution in [-0.4, -0.2) is 13.9 Å². The molecule has 1 aromatic carbocycles. The van der Waals surface area contributed by atoms with E-state index in [1.165, 1.54) is 11.1 Å². The summed E-state index contributed by atoms with van der Waals surface area (Å²) < 4.78 is 16.1. The van der Waals surface area contributed by atoms with Gasteiger partial charge < -0.3 is 14.2 Å². The first-order valence-corrected chi connectivity index (χ1v) is 4.83. The van der Waals surface area contributed by atoms with Gasteiger partial charge in [0.05, 0.1) is 6.10 Å². The summed E-state index contributed by atoms with van der Waals surface area (Å²) in [7, 11) is 1.75. The van der Waals surface area contributed by atoms with E-state index in [-0.39, 0.29) is 6.10 Å². The van der Waals surface area contributed by atoms with E-state index in [1.807, 2.05) is 0 Å². The molecule has 3 heteroatoms. The molecule has 3 rings (SSSR count). The molecule has 1 unspecified atom stereocenters. The Morgan fingerprint density at radius 3 is 2.86 bits per heavy atom. The molecule has 14 heavy (non-hydrogen) atoms. The van der Waals surface area contributed by atoms with E-state index in [0.29, 0.717) is 6.79 Å². The molecule has 3 nitrogen and oxygen atoms in total. The van der Waals surface area contributed by atoms with E-state index in [2.05, 4.69) is 12.1 Å². The molecule has 0 N–H and O–H groups in total. The molecule has 1 aliphatic heterocycles. The predicted molar refractivity (Wildman–Crippen MR) is 50.6 cm³/mol. The second kappa shape index (κ2) is 2.89. The molecule has 0 spiro atoms. The highest BCUT2D eigenvalue weighted by molar-refractivity contribution is 5.51. The second-order valence-electron chi connectivity index (χ2n) is 3.67. The predicted octanol–water partition coefficient (Wildman–Crippen LogP) is 2.05. The van der Waals surface area contributed by atoms with Crippen molar-refractivity contribution in [3.05, 3.63) is 23.3 Å². The van der Waals surface area contributed by atoms with Crippen molar-refractivity contribution in [2.45, 2.75) is 18.9 Å². The lowest BCUT2D eigenvalue weighted by atomic mass is 10.1. The average Bonchev–Trinajstić information content (AvgIpc) is 2.78. The normalized spacial score (nSPS) is 22.5. The van der Waals surface area contributed by atoms with Gasteiger partial charge in [-0.2, -0.15) is 0 Å². The second-order valence-corrected chi connectivity index (χ2v) is 3.67. The fraction of sp³-hybridized carbons (Fsp3) is 0.455. The highest BCUT2D eigenvalue weighted by atomic mass is 16.7. The number of hydrogen-bond donors (Lipinski definition) is 0. The Morgan fingerprint density at radius 2 is 2.07 bits per heavy atom. The minimum absolute atomic E-state index is 0.236. The molecule has 1 atom stereocenters. The average molecular weight is 192 g/mol. The number of aryl methyl sites for hydroxylation is 1. The third-order valence-electron chi connectivity index (χ3n) is 2.94. The van der Waals surface area contributed by atoms with Crippen molar-refractivity contribution in [3.63, 3.8) is 0 Å². The molecule has 0 bridgehead atoms. The Morgan fingerprint density at radius 1 is 1.29 bits per heavy atom. The zero-order chi connectivity index (χ0) is 9.54. The number of methoxy groups -OCH3 is 1. The summed E-state index contributed by atoms with van der Waals surface area (Å²) in [4.78, 5) is 0. The van der Waals surface area contributed by atoms with Crippen molar-refractivity contribution in [2.75, 3.05) is 13.9 Å². The monoisotopic (exact) mass is 192 g/mol. The van der Waals surface area contributed by atoms with Gasteiger partial charge in [0.25, 0.3) is 0 Å². The Bertz CT molecular complexity index is 373. The summed E-state index contributed by atoms with van der Waals surface area (Å²) in [6, 6.07) is 4.13. The van der Waals surface area contributed by atoms with Gasteiger partial charge in [-0.3, -0.25) is 0 Å². The summed E-state index contributed by atoms with van der Waals surface area (Å²) in [5.74, 6) is 1.73. The summed E-state index contributed by atoms with van der Waals surface area (Å²) in [5, 5.41) is 0. The smallest absolute Gasteiger partial charge is 0.231 e. The molecule has 74 valence electrons. The first-order valence-electron chi connectivity index (χ1n) is 4.83.